The highest BCUT2D eigenvalue weighted by molar-refractivity contribution is 5.87. The molecule has 6 nitrogen and oxygen atoms in total. The number of alkyl carbamates (subject to hydrolysis) is 1. The minimum absolute atomic E-state index is 0.0592. The summed E-state index contributed by atoms with van der Waals surface area (Å²) in [5.74, 6) is -0.123. The predicted molar refractivity (Wildman–Crippen MR) is 81.1 cm³/mol. The van der Waals surface area contributed by atoms with Gasteiger partial charge in [0.05, 0.1) is 13.2 Å². The molecular weight excluding hydrogens is 284 g/mol. The summed E-state index contributed by atoms with van der Waals surface area (Å²) in [6.07, 6.45) is 1.37. The standard InChI is InChI=1S/C16H22N2O4/c1-2-22-16(21)17-14(15(20)18-9-3-4-10-18)13-7-5-12(11-19)6-8-13/h5-8,14,19H,2-4,9-11H2,1H3,(H,17,21)/t14-/m1/s1. The van der Waals surface area contributed by atoms with Crippen LogP contribution in [0.1, 0.15) is 36.9 Å². The molecule has 0 bridgehead atoms. The molecule has 1 aliphatic heterocycles. The summed E-state index contributed by atoms with van der Waals surface area (Å²) in [6.45, 7) is 3.34. The molecule has 1 aromatic rings. The van der Waals surface area contributed by atoms with Gasteiger partial charge in [-0.3, -0.25) is 4.79 Å². The lowest BCUT2D eigenvalue weighted by Crippen LogP contribution is -2.42. The molecule has 1 saturated heterocycles. The van der Waals surface area contributed by atoms with E-state index in [4.69, 9.17) is 9.84 Å². The zero-order valence-corrected chi connectivity index (χ0v) is 12.7. The Balaban J connectivity index is 2.18. The van der Waals surface area contributed by atoms with E-state index in [1.165, 1.54) is 0 Å². The van der Waals surface area contributed by atoms with Crippen LogP contribution in [0.5, 0.6) is 0 Å². The van der Waals surface area contributed by atoms with E-state index in [2.05, 4.69) is 5.32 Å². The highest BCUT2D eigenvalue weighted by Gasteiger charge is 2.29. The first-order valence-electron chi connectivity index (χ1n) is 7.57. The zero-order valence-electron chi connectivity index (χ0n) is 12.7. The minimum Gasteiger partial charge on any atom is -0.450 e. The second kappa shape index (κ2) is 7.79. The van der Waals surface area contributed by atoms with E-state index in [9.17, 15) is 9.59 Å². The fourth-order valence-electron chi connectivity index (χ4n) is 2.51. The quantitative estimate of drug-likeness (QED) is 0.866. The van der Waals surface area contributed by atoms with E-state index in [1.807, 2.05) is 0 Å². The van der Waals surface area contributed by atoms with Crippen LogP contribution in [0.3, 0.4) is 0 Å². The fraction of sp³-hybridized carbons (Fsp3) is 0.500. The average Bonchev–Trinajstić information content (AvgIpc) is 3.07. The van der Waals surface area contributed by atoms with Crippen molar-refractivity contribution in [2.24, 2.45) is 0 Å². The molecule has 22 heavy (non-hydrogen) atoms. The second-order valence-corrected chi connectivity index (χ2v) is 5.23. The number of aliphatic hydroxyl groups excluding tert-OH is 1. The van der Waals surface area contributed by atoms with Gasteiger partial charge in [0.2, 0.25) is 5.91 Å². The molecule has 0 unspecified atom stereocenters. The molecule has 1 aliphatic rings. The lowest BCUT2D eigenvalue weighted by atomic mass is 10.0. The van der Waals surface area contributed by atoms with Crippen LogP contribution in [-0.4, -0.2) is 41.7 Å². The van der Waals surface area contributed by atoms with E-state index in [-0.39, 0.29) is 19.1 Å². The van der Waals surface area contributed by atoms with Crippen molar-refractivity contribution in [1.82, 2.24) is 10.2 Å². The molecule has 1 atom stereocenters. The Morgan fingerprint density at radius 3 is 2.45 bits per heavy atom. The Morgan fingerprint density at radius 1 is 1.27 bits per heavy atom. The first kappa shape index (κ1) is 16.3. The van der Waals surface area contributed by atoms with Gasteiger partial charge in [0.25, 0.3) is 0 Å². The molecule has 6 heteroatoms. The molecule has 2 rings (SSSR count). The van der Waals surface area contributed by atoms with Gasteiger partial charge in [-0.05, 0) is 30.9 Å². The normalized spacial score (nSPS) is 15.5. The number of hydrogen-bond donors (Lipinski definition) is 2. The van der Waals surface area contributed by atoms with Crippen LogP contribution in [0.4, 0.5) is 4.79 Å². The maximum atomic E-state index is 12.6. The van der Waals surface area contributed by atoms with Crippen LogP contribution >= 0.6 is 0 Å². The molecule has 0 aromatic heterocycles. The Hall–Kier alpha value is -2.08. The number of rotatable bonds is 5. The van der Waals surface area contributed by atoms with Crippen LogP contribution < -0.4 is 5.32 Å². The highest BCUT2D eigenvalue weighted by atomic mass is 16.5. The molecule has 1 aromatic carbocycles. The number of likely N-dealkylation sites (tertiary alicyclic amines) is 1. The Bertz CT molecular complexity index is 509. The molecule has 1 fully saturated rings. The van der Waals surface area contributed by atoms with Crippen molar-refractivity contribution in [2.75, 3.05) is 19.7 Å². The molecule has 2 amide bonds. The van der Waals surface area contributed by atoms with Crippen molar-refractivity contribution in [3.05, 3.63) is 35.4 Å². The summed E-state index contributed by atoms with van der Waals surface area (Å²) in [6, 6.07) is 6.22. The number of ether oxygens (including phenoxy) is 1. The number of amides is 2. The van der Waals surface area contributed by atoms with Crippen LogP contribution in [0.2, 0.25) is 0 Å². The Morgan fingerprint density at radius 2 is 1.91 bits per heavy atom. The van der Waals surface area contributed by atoms with Gasteiger partial charge in [-0.25, -0.2) is 4.79 Å². The molecule has 0 saturated carbocycles. The second-order valence-electron chi connectivity index (χ2n) is 5.23. The number of nitrogens with one attached hydrogen (secondary N) is 1. The molecule has 0 spiro atoms. The third kappa shape index (κ3) is 3.98. The summed E-state index contributed by atoms with van der Waals surface area (Å²) >= 11 is 0. The third-order valence-corrected chi connectivity index (χ3v) is 3.70. The lowest BCUT2D eigenvalue weighted by Gasteiger charge is -2.24. The van der Waals surface area contributed by atoms with Crippen LogP contribution in [0.15, 0.2) is 24.3 Å². The van der Waals surface area contributed by atoms with Gasteiger partial charge in [0, 0.05) is 13.1 Å². The Labute approximate surface area is 130 Å². The van der Waals surface area contributed by atoms with Crippen molar-refractivity contribution in [2.45, 2.75) is 32.4 Å². The van der Waals surface area contributed by atoms with Gasteiger partial charge in [-0.2, -0.15) is 0 Å². The van der Waals surface area contributed by atoms with Crippen molar-refractivity contribution >= 4 is 12.0 Å². The largest absolute Gasteiger partial charge is 0.450 e. The van der Waals surface area contributed by atoms with E-state index < -0.39 is 12.1 Å². The molecule has 0 radical (unpaired) electrons. The van der Waals surface area contributed by atoms with Crippen LogP contribution in [0, 0.1) is 0 Å². The molecular formula is C16H22N2O4. The number of carbonyl (C=O) groups is 2. The smallest absolute Gasteiger partial charge is 0.408 e. The maximum Gasteiger partial charge on any atom is 0.408 e. The summed E-state index contributed by atoms with van der Waals surface area (Å²) in [7, 11) is 0. The van der Waals surface area contributed by atoms with Gasteiger partial charge >= 0.3 is 6.09 Å². The van der Waals surface area contributed by atoms with Crippen molar-refractivity contribution < 1.29 is 19.4 Å². The van der Waals surface area contributed by atoms with E-state index in [0.29, 0.717) is 18.7 Å². The van der Waals surface area contributed by atoms with Crippen molar-refractivity contribution in [1.29, 1.82) is 0 Å². The van der Waals surface area contributed by atoms with Gasteiger partial charge in [0.15, 0.2) is 0 Å². The van der Waals surface area contributed by atoms with Gasteiger partial charge in [0.1, 0.15) is 6.04 Å². The van der Waals surface area contributed by atoms with Gasteiger partial charge in [-0.1, -0.05) is 24.3 Å². The van der Waals surface area contributed by atoms with Gasteiger partial charge < -0.3 is 20.1 Å². The zero-order chi connectivity index (χ0) is 15.9. The number of aliphatic hydroxyl groups is 1. The first-order valence-corrected chi connectivity index (χ1v) is 7.57. The lowest BCUT2D eigenvalue weighted by molar-refractivity contribution is -0.132. The Kier molecular flexibility index (Phi) is 5.77. The monoisotopic (exact) mass is 306 g/mol. The van der Waals surface area contributed by atoms with E-state index >= 15 is 0 Å². The van der Waals surface area contributed by atoms with E-state index in [1.54, 1.807) is 36.1 Å². The highest BCUT2D eigenvalue weighted by Crippen LogP contribution is 2.20. The number of nitrogens with zero attached hydrogens (tertiary/aromatic N) is 1. The summed E-state index contributed by atoms with van der Waals surface area (Å²) < 4.78 is 4.89. The summed E-state index contributed by atoms with van der Waals surface area (Å²) in [4.78, 5) is 26.1. The van der Waals surface area contributed by atoms with Crippen LogP contribution in [-0.2, 0) is 16.1 Å². The molecule has 120 valence electrons. The molecule has 2 N–H and O–H groups in total. The fourth-order valence-corrected chi connectivity index (χ4v) is 2.51. The maximum absolute atomic E-state index is 12.6. The third-order valence-electron chi connectivity index (χ3n) is 3.70. The average molecular weight is 306 g/mol. The van der Waals surface area contributed by atoms with Crippen molar-refractivity contribution in [3.63, 3.8) is 0 Å². The molecule has 0 aliphatic carbocycles. The summed E-state index contributed by atoms with van der Waals surface area (Å²) in [5.41, 5.74) is 1.44. The predicted octanol–water partition coefficient (Wildman–Crippen LogP) is 1.59. The van der Waals surface area contributed by atoms with E-state index in [0.717, 1.165) is 18.4 Å². The topological polar surface area (TPSA) is 78.9 Å². The van der Waals surface area contributed by atoms with Crippen molar-refractivity contribution in [3.8, 4) is 0 Å². The first-order chi connectivity index (χ1) is 10.7. The minimum atomic E-state index is -0.759. The summed E-state index contributed by atoms with van der Waals surface area (Å²) in [5, 5.41) is 11.7. The molecule has 1 heterocycles. The van der Waals surface area contributed by atoms with Gasteiger partial charge in [-0.15, -0.1) is 0 Å². The number of benzene rings is 1. The number of hydrogen-bond acceptors (Lipinski definition) is 4. The SMILES string of the molecule is CCOC(=O)N[C@@H](C(=O)N1CCCC1)c1ccc(CO)cc1. The number of carbonyl (C=O) groups excluding carboxylic acids is 2. The van der Waals surface area contributed by atoms with Crippen LogP contribution in [0.25, 0.3) is 0 Å².